The van der Waals surface area contributed by atoms with Crippen LogP contribution in [0, 0.1) is 41.0 Å². The zero-order valence-corrected chi connectivity index (χ0v) is 25.8. The molecule has 0 bridgehead atoms. The van der Waals surface area contributed by atoms with Crippen molar-refractivity contribution in [3.05, 3.63) is 88.4 Å². The van der Waals surface area contributed by atoms with E-state index in [9.17, 15) is 51.4 Å². The van der Waals surface area contributed by atoms with Gasteiger partial charge in [-0.25, -0.2) is 8.42 Å². The van der Waals surface area contributed by atoms with Crippen LogP contribution in [0.5, 0.6) is 0 Å². The molecular formula is C27H32F3N5O8S. The fourth-order valence-electron chi connectivity index (χ4n) is 4.37. The number of aromatic nitrogens is 2. The normalized spacial score (nSPS) is 11.6. The highest BCUT2D eigenvalue weighted by Crippen LogP contribution is 2.39. The summed E-state index contributed by atoms with van der Waals surface area (Å²) >= 11 is 0. The van der Waals surface area contributed by atoms with Crippen molar-refractivity contribution in [1.29, 1.82) is 0 Å². The fourth-order valence-corrected chi connectivity index (χ4v) is 5.28. The lowest BCUT2D eigenvalue weighted by Crippen LogP contribution is -2.21. The number of rotatable bonds is 9. The largest absolute Gasteiger partial charge is 0.416 e. The average molecular weight is 644 g/mol. The quantitative estimate of drug-likeness (QED) is 0.175. The minimum atomic E-state index is -4.76. The van der Waals surface area contributed by atoms with Crippen molar-refractivity contribution in [1.82, 2.24) is 9.78 Å². The number of nitro benzene ring substituents is 2. The molecule has 0 aliphatic heterocycles. The van der Waals surface area contributed by atoms with Crippen LogP contribution in [-0.4, -0.2) is 46.1 Å². The molecule has 0 aliphatic carbocycles. The second kappa shape index (κ2) is 13.4. The van der Waals surface area contributed by atoms with Gasteiger partial charge in [-0.15, -0.1) is 0 Å². The second-order valence-corrected chi connectivity index (χ2v) is 12.0. The smallest absolute Gasteiger partial charge is 0.371 e. The number of nitrogens with one attached hydrogen (secondary N) is 2. The van der Waals surface area contributed by atoms with Crippen LogP contribution < -0.4 is 10.9 Å². The molecule has 44 heavy (non-hydrogen) atoms. The lowest BCUT2D eigenvalue weighted by atomic mass is 10.0. The van der Waals surface area contributed by atoms with Gasteiger partial charge in [-0.2, -0.15) is 13.2 Å². The van der Waals surface area contributed by atoms with Gasteiger partial charge in [0.25, 0.3) is 11.2 Å². The maximum Gasteiger partial charge on any atom is 0.416 e. The first-order chi connectivity index (χ1) is 20.2. The van der Waals surface area contributed by atoms with E-state index in [2.05, 4.69) is 10.4 Å². The molecule has 1 aromatic heterocycles. The van der Waals surface area contributed by atoms with Gasteiger partial charge in [0, 0.05) is 42.2 Å². The molecule has 0 amide bonds. The van der Waals surface area contributed by atoms with Crippen molar-refractivity contribution >= 4 is 32.7 Å². The van der Waals surface area contributed by atoms with E-state index in [1.54, 1.807) is 13.8 Å². The summed E-state index contributed by atoms with van der Waals surface area (Å²) in [4.78, 5) is 45.0. The molecule has 0 fully saturated rings. The molecule has 0 spiro atoms. The minimum absolute atomic E-state index is 0.0109. The third-order valence-corrected chi connectivity index (χ3v) is 8.05. The Morgan fingerprint density at radius 1 is 1.07 bits per heavy atom. The Hall–Kier alpha value is -4.54. The number of halogens is 3. The number of carbonyl (C=O) groups excluding carboxylic acids is 1. The Balaban J connectivity index is 0.000000312. The Morgan fingerprint density at radius 3 is 2.05 bits per heavy atom. The molecule has 1 heterocycles. The first-order valence-corrected chi connectivity index (χ1v) is 15.0. The van der Waals surface area contributed by atoms with E-state index in [0.717, 1.165) is 23.6 Å². The lowest BCUT2D eigenvalue weighted by Gasteiger charge is -2.17. The van der Waals surface area contributed by atoms with E-state index in [1.807, 2.05) is 13.8 Å². The summed E-state index contributed by atoms with van der Waals surface area (Å²) < 4.78 is 63.1. The summed E-state index contributed by atoms with van der Waals surface area (Å²) in [5, 5.41) is 28.0. The number of nitro groups is 2. The van der Waals surface area contributed by atoms with E-state index in [-0.39, 0.29) is 34.4 Å². The highest BCUT2D eigenvalue weighted by molar-refractivity contribution is 7.90. The Morgan fingerprint density at radius 2 is 1.64 bits per heavy atom. The van der Waals surface area contributed by atoms with Crippen molar-refractivity contribution in [2.75, 3.05) is 11.6 Å². The standard InChI is InChI=1S/C14H13F3N2O4S.C13H19N3O4/c1-7-11(13(21)19(2)18-7)12(20)9-5-4-8(14(15,16)17)6-10(9)24(3,22)23;1-5-10(6-2)14-12-11(15(17)18)7-8(3)9(4)13(12)16(19)20/h4-6,18H,1-3H3;7,10,14H,5-6H2,1-4H3. The van der Waals surface area contributed by atoms with Crippen LogP contribution in [0.25, 0.3) is 0 Å². The number of benzene rings is 2. The first-order valence-electron chi connectivity index (χ1n) is 13.1. The van der Waals surface area contributed by atoms with Gasteiger partial charge in [-0.1, -0.05) is 13.8 Å². The van der Waals surface area contributed by atoms with Crippen molar-refractivity contribution in [2.45, 2.75) is 64.6 Å². The lowest BCUT2D eigenvalue weighted by molar-refractivity contribution is -0.392. The van der Waals surface area contributed by atoms with Gasteiger partial charge in [0.05, 0.1) is 20.3 Å². The maximum atomic E-state index is 12.8. The predicted octanol–water partition coefficient (Wildman–Crippen LogP) is 5.40. The molecule has 2 N–H and O–H groups in total. The van der Waals surface area contributed by atoms with E-state index >= 15 is 0 Å². The fraction of sp³-hybridized carbons (Fsp3) is 0.407. The summed E-state index contributed by atoms with van der Waals surface area (Å²) in [5.74, 6) is -0.955. The molecule has 13 nitrogen and oxygen atoms in total. The topological polar surface area (TPSA) is 187 Å². The van der Waals surface area contributed by atoms with Gasteiger partial charge in [0.15, 0.2) is 15.5 Å². The highest BCUT2D eigenvalue weighted by Gasteiger charge is 2.34. The number of alkyl halides is 3. The van der Waals surface area contributed by atoms with E-state index in [1.165, 1.54) is 20.0 Å². The van der Waals surface area contributed by atoms with E-state index in [4.69, 9.17) is 0 Å². The number of ketones is 1. The number of hydrogen-bond acceptors (Lipinski definition) is 9. The Kier molecular flexibility index (Phi) is 10.9. The molecule has 0 saturated carbocycles. The molecule has 2 aromatic carbocycles. The van der Waals surface area contributed by atoms with Crippen LogP contribution in [0.1, 0.15) is 65.0 Å². The molecule has 0 radical (unpaired) electrons. The SMILES string of the molecule is CCC(CC)Nc1c([N+](=O)[O-])cc(C)c(C)c1[N+](=O)[O-].Cc1[nH]n(C)c(=O)c1C(=O)c1ccc(C(F)(F)F)cc1S(C)(=O)=O. The number of aryl methyl sites for hydroxylation is 3. The van der Waals surface area contributed by atoms with Crippen molar-refractivity contribution in [3.63, 3.8) is 0 Å². The number of anilines is 1. The number of hydrogen-bond donors (Lipinski definition) is 2. The zero-order valence-electron chi connectivity index (χ0n) is 25.0. The Labute approximate surface area is 250 Å². The summed E-state index contributed by atoms with van der Waals surface area (Å²) in [6.45, 7) is 8.53. The molecule has 0 saturated heterocycles. The predicted molar refractivity (Wildman–Crippen MR) is 156 cm³/mol. The van der Waals surface area contributed by atoms with E-state index in [0.29, 0.717) is 29.5 Å². The number of sulfone groups is 1. The molecular weight excluding hydrogens is 611 g/mol. The van der Waals surface area contributed by atoms with Crippen molar-refractivity contribution < 1.29 is 36.2 Å². The van der Waals surface area contributed by atoms with Crippen LogP contribution in [0.4, 0.5) is 30.2 Å². The van der Waals surface area contributed by atoms with Crippen LogP contribution in [0.2, 0.25) is 0 Å². The average Bonchev–Trinajstić information content (AvgIpc) is 3.17. The molecule has 0 aliphatic rings. The number of aromatic amines is 1. The minimum Gasteiger partial charge on any atom is -0.371 e. The van der Waals surface area contributed by atoms with Gasteiger partial charge in [0.1, 0.15) is 5.56 Å². The summed E-state index contributed by atoms with van der Waals surface area (Å²) in [7, 11) is -2.77. The van der Waals surface area contributed by atoms with Crippen molar-refractivity contribution in [2.24, 2.45) is 7.05 Å². The summed E-state index contributed by atoms with van der Waals surface area (Å²) in [6, 6.07) is 3.12. The highest BCUT2D eigenvalue weighted by atomic mass is 32.2. The van der Waals surface area contributed by atoms with Crippen LogP contribution >= 0.6 is 0 Å². The molecule has 3 rings (SSSR count). The first kappa shape index (κ1) is 35.7. The third-order valence-electron chi connectivity index (χ3n) is 6.92. The molecule has 3 aromatic rings. The van der Waals surface area contributed by atoms with Gasteiger partial charge >= 0.3 is 11.9 Å². The van der Waals surface area contributed by atoms with Gasteiger partial charge in [-0.05, 0) is 57.4 Å². The third kappa shape index (κ3) is 7.69. The van der Waals surface area contributed by atoms with E-state index < -0.39 is 53.2 Å². The van der Waals surface area contributed by atoms with Crippen LogP contribution in [0.15, 0.2) is 34.0 Å². The molecule has 0 unspecified atom stereocenters. The number of nitrogens with zero attached hydrogens (tertiary/aromatic N) is 3. The molecule has 0 atom stereocenters. The van der Waals surface area contributed by atoms with Crippen LogP contribution in [0.3, 0.4) is 0 Å². The number of carbonyl (C=O) groups is 1. The monoisotopic (exact) mass is 643 g/mol. The number of H-pyrrole nitrogens is 1. The second-order valence-electron chi connectivity index (χ2n) is 10.0. The van der Waals surface area contributed by atoms with Gasteiger partial charge in [0.2, 0.25) is 5.78 Å². The summed E-state index contributed by atoms with van der Waals surface area (Å²) in [5.41, 5.74) is -1.95. The van der Waals surface area contributed by atoms with Crippen LogP contribution in [-0.2, 0) is 23.1 Å². The van der Waals surface area contributed by atoms with Gasteiger partial charge in [-0.3, -0.25) is 39.6 Å². The molecule has 240 valence electrons. The zero-order chi connectivity index (χ0) is 33.9. The summed E-state index contributed by atoms with van der Waals surface area (Å²) in [6.07, 6.45) is -2.60. The van der Waals surface area contributed by atoms with Gasteiger partial charge < -0.3 is 5.32 Å². The Bertz CT molecular complexity index is 1770. The van der Waals surface area contributed by atoms with Crippen molar-refractivity contribution in [3.8, 4) is 0 Å². The molecule has 17 heteroatoms. The maximum absolute atomic E-state index is 12.8.